The first-order chi connectivity index (χ1) is 6.13. The maximum absolute atomic E-state index is 11.8. The number of carbonyl (C=O) groups excluding carboxylic acids is 1. The van der Waals surface area contributed by atoms with E-state index in [1.165, 1.54) is 19.3 Å². The molecule has 2 nitrogen and oxygen atoms in total. The average molecular weight is 246 g/mol. The third-order valence-electron chi connectivity index (χ3n) is 3.46. The molecule has 74 valence electrons. The summed E-state index contributed by atoms with van der Waals surface area (Å²) in [5.41, 5.74) is 0.198. The number of rotatable bonds is 1. The zero-order valence-electron chi connectivity index (χ0n) is 8.05. The molecule has 0 bridgehead atoms. The van der Waals surface area contributed by atoms with E-state index in [4.69, 9.17) is 0 Å². The van der Waals surface area contributed by atoms with E-state index in [2.05, 4.69) is 27.8 Å². The summed E-state index contributed by atoms with van der Waals surface area (Å²) in [6.45, 7) is 3.19. The highest BCUT2D eigenvalue weighted by molar-refractivity contribution is 9.10. The van der Waals surface area contributed by atoms with Crippen LogP contribution >= 0.6 is 15.9 Å². The van der Waals surface area contributed by atoms with Crippen LogP contribution in [0.5, 0.6) is 0 Å². The maximum Gasteiger partial charge on any atom is 0.236 e. The summed E-state index contributed by atoms with van der Waals surface area (Å²) in [6.07, 6.45) is 5.83. The van der Waals surface area contributed by atoms with Crippen LogP contribution in [-0.2, 0) is 4.79 Å². The van der Waals surface area contributed by atoms with E-state index in [1.54, 1.807) is 0 Å². The highest BCUT2D eigenvalue weighted by Gasteiger charge is 2.43. The minimum absolute atomic E-state index is 0.0821. The van der Waals surface area contributed by atoms with Crippen LogP contribution in [0.4, 0.5) is 0 Å². The zero-order valence-corrected chi connectivity index (χ0v) is 9.64. The molecule has 3 heteroatoms. The van der Waals surface area contributed by atoms with Crippen molar-refractivity contribution in [1.29, 1.82) is 0 Å². The Morgan fingerprint density at radius 1 is 1.46 bits per heavy atom. The van der Waals surface area contributed by atoms with E-state index < -0.39 is 0 Å². The van der Waals surface area contributed by atoms with Crippen molar-refractivity contribution < 1.29 is 4.79 Å². The number of likely N-dealkylation sites (tertiary alicyclic amines) is 1. The van der Waals surface area contributed by atoms with Crippen molar-refractivity contribution in [3.8, 4) is 0 Å². The molecule has 13 heavy (non-hydrogen) atoms. The molecule has 1 saturated carbocycles. The molecule has 1 unspecified atom stereocenters. The van der Waals surface area contributed by atoms with Gasteiger partial charge in [-0.25, -0.2) is 0 Å². The lowest BCUT2D eigenvalue weighted by Gasteiger charge is -2.50. The Balaban J connectivity index is 2.09. The van der Waals surface area contributed by atoms with Gasteiger partial charge in [0.05, 0.1) is 4.83 Å². The lowest BCUT2D eigenvalue weighted by Crippen LogP contribution is -2.58. The highest BCUT2D eigenvalue weighted by Crippen LogP contribution is 2.39. The quantitative estimate of drug-likeness (QED) is 0.650. The number of amides is 1. The van der Waals surface area contributed by atoms with E-state index in [-0.39, 0.29) is 10.4 Å². The van der Waals surface area contributed by atoms with Gasteiger partial charge < -0.3 is 4.90 Å². The molecule has 0 spiro atoms. The van der Waals surface area contributed by atoms with E-state index >= 15 is 0 Å². The Morgan fingerprint density at radius 3 is 2.69 bits per heavy atom. The van der Waals surface area contributed by atoms with Crippen LogP contribution in [0.1, 0.15) is 39.0 Å². The Hall–Kier alpha value is -0.0500. The summed E-state index contributed by atoms with van der Waals surface area (Å²) in [5.74, 6) is 0.313. The fourth-order valence-electron chi connectivity index (χ4n) is 2.33. The van der Waals surface area contributed by atoms with Gasteiger partial charge in [-0.2, -0.15) is 0 Å². The molecule has 0 aromatic heterocycles. The molecular formula is C10H16BrNO. The summed E-state index contributed by atoms with van der Waals surface area (Å²) < 4.78 is 0. The normalized spacial score (nSPS) is 32.9. The lowest BCUT2D eigenvalue weighted by atomic mass is 9.76. The summed E-state index contributed by atoms with van der Waals surface area (Å²) in [6, 6.07) is 0. The summed E-state index contributed by atoms with van der Waals surface area (Å²) in [5, 5.41) is 0. The molecule has 2 aliphatic rings. The first-order valence-electron chi connectivity index (χ1n) is 5.09. The van der Waals surface area contributed by atoms with Gasteiger partial charge in [-0.1, -0.05) is 15.9 Å². The van der Waals surface area contributed by atoms with Crippen molar-refractivity contribution in [2.75, 3.05) is 6.54 Å². The topological polar surface area (TPSA) is 20.3 Å². The molecule has 2 fully saturated rings. The van der Waals surface area contributed by atoms with Gasteiger partial charge in [-0.05, 0) is 39.0 Å². The third kappa shape index (κ3) is 1.51. The van der Waals surface area contributed by atoms with Gasteiger partial charge in [0.25, 0.3) is 0 Å². The number of alkyl halides is 1. The zero-order chi connectivity index (χ0) is 9.47. The van der Waals surface area contributed by atoms with Gasteiger partial charge >= 0.3 is 0 Å². The Kier molecular flexibility index (Phi) is 2.39. The molecule has 1 heterocycles. The molecule has 1 amide bonds. The van der Waals surface area contributed by atoms with Crippen molar-refractivity contribution in [2.24, 2.45) is 0 Å². The summed E-state index contributed by atoms with van der Waals surface area (Å²) in [4.78, 5) is 14.0. The number of hydrogen-bond donors (Lipinski definition) is 0. The second kappa shape index (κ2) is 3.26. The summed E-state index contributed by atoms with van der Waals surface area (Å²) >= 11 is 3.45. The lowest BCUT2D eigenvalue weighted by molar-refractivity contribution is -0.142. The van der Waals surface area contributed by atoms with Gasteiger partial charge in [0, 0.05) is 12.1 Å². The van der Waals surface area contributed by atoms with E-state index in [1.807, 2.05) is 0 Å². The number of carbonyl (C=O) groups is 1. The smallest absolute Gasteiger partial charge is 0.236 e. The van der Waals surface area contributed by atoms with Crippen LogP contribution in [0.3, 0.4) is 0 Å². The monoisotopic (exact) mass is 245 g/mol. The number of nitrogens with zero attached hydrogens (tertiary/aromatic N) is 1. The van der Waals surface area contributed by atoms with Crippen molar-refractivity contribution in [3.05, 3.63) is 0 Å². The van der Waals surface area contributed by atoms with Crippen LogP contribution in [0.2, 0.25) is 0 Å². The van der Waals surface area contributed by atoms with Gasteiger partial charge in [0.15, 0.2) is 0 Å². The van der Waals surface area contributed by atoms with Crippen molar-refractivity contribution in [2.45, 2.75) is 49.4 Å². The van der Waals surface area contributed by atoms with Crippen LogP contribution in [0, 0.1) is 0 Å². The molecule has 1 aliphatic heterocycles. The minimum atomic E-state index is 0.0821. The Bertz CT molecular complexity index is 225. The van der Waals surface area contributed by atoms with Crippen molar-refractivity contribution >= 4 is 21.8 Å². The highest BCUT2D eigenvalue weighted by atomic mass is 79.9. The molecule has 2 rings (SSSR count). The van der Waals surface area contributed by atoms with Crippen molar-refractivity contribution in [1.82, 2.24) is 4.90 Å². The molecule has 1 aliphatic carbocycles. The van der Waals surface area contributed by atoms with E-state index in [0.29, 0.717) is 5.91 Å². The molecule has 0 N–H and O–H groups in total. The second-order valence-corrected chi connectivity index (χ2v) is 5.56. The van der Waals surface area contributed by atoms with Crippen molar-refractivity contribution in [3.63, 3.8) is 0 Å². The van der Waals surface area contributed by atoms with Crippen LogP contribution in [0.15, 0.2) is 0 Å². The number of hydrogen-bond acceptors (Lipinski definition) is 1. The standard InChI is InChI=1S/C10H16BrNO/c1-10(5-3-6-10)12-7-2-4-8(11)9(12)13/h8H,2-7H2,1H3. The fourth-order valence-corrected chi connectivity index (χ4v) is 2.90. The average Bonchev–Trinajstić information content (AvgIpc) is 2.06. The number of halogens is 1. The predicted octanol–water partition coefficient (Wildman–Crippen LogP) is 2.31. The van der Waals surface area contributed by atoms with Crippen LogP contribution < -0.4 is 0 Å². The first kappa shape index (κ1) is 9.50. The Morgan fingerprint density at radius 2 is 2.15 bits per heavy atom. The van der Waals surface area contributed by atoms with E-state index in [9.17, 15) is 4.79 Å². The molecule has 0 radical (unpaired) electrons. The molecule has 0 aromatic carbocycles. The van der Waals surface area contributed by atoms with Gasteiger partial charge in [-0.15, -0.1) is 0 Å². The van der Waals surface area contributed by atoms with E-state index in [0.717, 1.165) is 19.4 Å². The molecule has 0 aromatic rings. The molecule has 1 saturated heterocycles. The Labute approximate surface area is 87.8 Å². The van der Waals surface area contributed by atoms with Crippen LogP contribution in [0.25, 0.3) is 0 Å². The SMILES string of the molecule is CC1(N2CCCC(Br)C2=O)CCC1. The maximum atomic E-state index is 11.8. The third-order valence-corrected chi connectivity index (χ3v) is 4.31. The van der Waals surface area contributed by atoms with Gasteiger partial charge in [0.1, 0.15) is 0 Å². The first-order valence-corrected chi connectivity index (χ1v) is 6.01. The molecule has 1 atom stereocenters. The number of piperidine rings is 1. The predicted molar refractivity (Wildman–Crippen MR) is 55.9 cm³/mol. The van der Waals surface area contributed by atoms with Gasteiger partial charge in [-0.3, -0.25) is 4.79 Å². The summed E-state index contributed by atoms with van der Waals surface area (Å²) in [7, 11) is 0. The molecular weight excluding hydrogens is 230 g/mol. The largest absolute Gasteiger partial charge is 0.336 e. The van der Waals surface area contributed by atoms with Crippen LogP contribution in [-0.4, -0.2) is 27.7 Å². The minimum Gasteiger partial charge on any atom is -0.336 e. The van der Waals surface area contributed by atoms with Gasteiger partial charge in [0.2, 0.25) is 5.91 Å². The second-order valence-electron chi connectivity index (χ2n) is 4.45. The fraction of sp³-hybridized carbons (Fsp3) is 0.900.